The van der Waals surface area contributed by atoms with Crippen LogP contribution < -0.4 is 10.7 Å². The van der Waals surface area contributed by atoms with Crippen LogP contribution in [0.25, 0.3) is 10.9 Å². The van der Waals surface area contributed by atoms with Crippen molar-refractivity contribution in [2.24, 2.45) is 0 Å². The molecule has 0 fully saturated rings. The van der Waals surface area contributed by atoms with Crippen LogP contribution in [0, 0.1) is 0 Å². The van der Waals surface area contributed by atoms with Crippen molar-refractivity contribution < 1.29 is 4.79 Å². The topological polar surface area (TPSA) is 64.0 Å². The molecule has 0 aliphatic rings. The fourth-order valence-electron chi connectivity index (χ4n) is 2.59. The predicted molar refractivity (Wildman–Crippen MR) is 95.1 cm³/mol. The summed E-state index contributed by atoms with van der Waals surface area (Å²) in [6.45, 7) is 2.51. The Morgan fingerprint density at radius 1 is 1.12 bits per heavy atom. The van der Waals surface area contributed by atoms with E-state index in [1.807, 2.05) is 42.5 Å². The first-order chi connectivity index (χ1) is 11.7. The highest BCUT2D eigenvalue weighted by Crippen LogP contribution is 2.11. The van der Waals surface area contributed by atoms with E-state index in [4.69, 9.17) is 0 Å². The van der Waals surface area contributed by atoms with Gasteiger partial charge in [0, 0.05) is 17.5 Å². The number of hydrogen-bond donors (Lipinski definition) is 1. The lowest BCUT2D eigenvalue weighted by atomic mass is 10.1. The molecular formula is C19H19N3O2. The minimum atomic E-state index is -0.109. The van der Waals surface area contributed by atoms with Crippen molar-refractivity contribution in [2.75, 3.05) is 5.32 Å². The summed E-state index contributed by atoms with van der Waals surface area (Å²) in [6.07, 6.45) is 2.55. The lowest BCUT2D eigenvalue weighted by Gasteiger charge is -2.10. The third kappa shape index (κ3) is 3.51. The fourth-order valence-corrected chi connectivity index (χ4v) is 2.59. The average Bonchev–Trinajstić information content (AvgIpc) is 2.62. The number of aromatic nitrogens is 2. The number of hydrogen-bond acceptors (Lipinski definition) is 3. The van der Waals surface area contributed by atoms with E-state index in [1.165, 1.54) is 11.8 Å². The number of fused-ring (bicyclic) bond motifs is 1. The molecule has 3 rings (SSSR count). The van der Waals surface area contributed by atoms with Crippen LogP contribution in [0.3, 0.4) is 0 Å². The van der Waals surface area contributed by atoms with Gasteiger partial charge in [-0.15, -0.1) is 0 Å². The predicted octanol–water partition coefficient (Wildman–Crippen LogP) is 2.99. The Balaban J connectivity index is 1.68. The maximum atomic E-state index is 12.1. The lowest BCUT2D eigenvalue weighted by molar-refractivity contribution is -0.116. The highest BCUT2D eigenvalue weighted by Gasteiger charge is 2.07. The SMILES string of the molecule is CCc1ccc(NC(=O)CCn2ncc(=O)c3ccccc32)cc1. The van der Waals surface area contributed by atoms with E-state index in [1.54, 1.807) is 10.7 Å². The van der Waals surface area contributed by atoms with Gasteiger partial charge in [0.25, 0.3) is 0 Å². The van der Waals surface area contributed by atoms with Crippen molar-refractivity contribution >= 4 is 22.5 Å². The quantitative estimate of drug-likeness (QED) is 0.786. The maximum absolute atomic E-state index is 12.1. The zero-order chi connectivity index (χ0) is 16.9. The van der Waals surface area contributed by atoms with Gasteiger partial charge in [0.1, 0.15) is 0 Å². The minimum absolute atomic E-state index is 0.0798. The Kier molecular flexibility index (Phi) is 4.70. The maximum Gasteiger partial charge on any atom is 0.226 e. The summed E-state index contributed by atoms with van der Waals surface area (Å²) in [4.78, 5) is 23.9. The summed E-state index contributed by atoms with van der Waals surface area (Å²) < 4.78 is 1.69. The molecule has 1 heterocycles. The van der Waals surface area contributed by atoms with E-state index in [2.05, 4.69) is 17.3 Å². The number of anilines is 1. The molecule has 0 atom stereocenters. The number of amides is 1. The van der Waals surface area contributed by atoms with Gasteiger partial charge in [-0.1, -0.05) is 31.2 Å². The molecule has 1 aromatic heterocycles. The van der Waals surface area contributed by atoms with Crippen LogP contribution in [0.2, 0.25) is 0 Å². The first-order valence-electron chi connectivity index (χ1n) is 8.01. The van der Waals surface area contributed by atoms with E-state index >= 15 is 0 Å². The smallest absolute Gasteiger partial charge is 0.226 e. The third-order valence-electron chi connectivity index (χ3n) is 3.96. The van der Waals surface area contributed by atoms with E-state index in [0.717, 1.165) is 17.6 Å². The summed E-state index contributed by atoms with van der Waals surface area (Å²) in [7, 11) is 0. The Morgan fingerprint density at radius 2 is 1.88 bits per heavy atom. The molecule has 122 valence electrons. The number of aryl methyl sites for hydroxylation is 2. The van der Waals surface area contributed by atoms with Crippen molar-refractivity contribution in [3.63, 3.8) is 0 Å². The van der Waals surface area contributed by atoms with Crippen molar-refractivity contribution in [3.8, 4) is 0 Å². The van der Waals surface area contributed by atoms with Crippen LogP contribution >= 0.6 is 0 Å². The summed E-state index contributed by atoms with van der Waals surface area (Å²) in [6, 6.07) is 15.1. The molecule has 0 unspecified atom stereocenters. The first-order valence-corrected chi connectivity index (χ1v) is 8.01. The second kappa shape index (κ2) is 7.08. The largest absolute Gasteiger partial charge is 0.326 e. The summed E-state index contributed by atoms with van der Waals surface area (Å²) in [5, 5.41) is 7.63. The van der Waals surface area contributed by atoms with E-state index < -0.39 is 0 Å². The van der Waals surface area contributed by atoms with Crippen LogP contribution in [-0.2, 0) is 17.8 Å². The Morgan fingerprint density at radius 3 is 2.62 bits per heavy atom. The highest BCUT2D eigenvalue weighted by molar-refractivity contribution is 5.90. The third-order valence-corrected chi connectivity index (χ3v) is 3.96. The van der Waals surface area contributed by atoms with Crippen molar-refractivity contribution in [1.82, 2.24) is 9.78 Å². The molecule has 24 heavy (non-hydrogen) atoms. The van der Waals surface area contributed by atoms with Crippen molar-refractivity contribution in [1.29, 1.82) is 0 Å². The van der Waals surface area contributed by atoms with Gasteiger partial charge in [0.15, 0.2) is 0 Å². The molecule has 5 heteroatoms. The molecular weight excluding hydrogens is 302 g/mol. The van der Waals surface area contributed by atoms with Crippen molar-refractivity contribution in [2.45, 2.75) is 26.3 Å². The summed E-state index contributed by atoms with van der Waals surface area (Å²) in [5.74, 6) is -0.0798. The van der Waals surface area contributed by atoms with Gasteiger partial charge in [0.2, 0.25) is 11.3 Å². The summed E-state index contributed by atoms with van der Waals surface area (Å²) in [5.41, 5.74) is 2.65. The standard InChI is InChI=1S/C19H19N3O2/c1-2-14-7-9-15(10-8-14)21-19(24)11-12-22-17-6-4-3-5-16(17)18(23)13-20-22/h3-10,13H,2,11-12H2,1H3,(H,21,24). The van der Waals surface area contributed by atoms with E-state index in [-0.39, 0.29) is 17.8 Å². The molecule has 0 aliphatic carbocycles. The number of para-hydroxylation sites is 1. The monoisotopic (exact) mass is 321 g/mol. The average molecular weight is 321 g/mol. The molecule has 2 aromatic carbocycles. The number of nitrogens with zero attached hydrogens (tertiary/aromatic N) is 2. The molecule has 0 radical (unpaired) electrons. The van der Waals surface area contributed by atoms with Crippen LogP contribution in [0.1, 0.15) is 18.9 Å². The van der Waals surface area contributed by atoms with Gasteiger partial charge in [-0.25, -0.2) is 0 Å². The highest BCUT2D eigenvalue weighted by atomic mass is 16.1. The molecule has 0 spiro atoms. The number of benzene rings is 2. The van der Waals surface area contributed by atoms with Gasteiger partial charge in [-0.2, -0.15) is 5.10 Å². The number of carbonyl (C=O) groups excluding carboxylic acids is 1. The second-order valence-electron chi connectivity index (χ2n) is 5.60. The lowest BCUT2D eigenvalue weighted by Crippen LogP contribution is -2.18. The second-order valence-corrected chi connectivity index (χ2v) is 5.60. The Hall–Kier alpha value is -2.95. The Bertz CT molecular complexity index is 914. The molecule has 0 saturated heterocycles. The fraction of sp³-hybridized carbons (Fsp3) is 0.211. The molecule has 1 N–H and O–H groups in total. The zero-order valence-corrected chi connectivity index (χ0v) is 13.5. The van der Waals surface area contributed by atoms with Gasteiger partial charge in [-0.05, 0) is 36.2 Å². The number of nitrogens with one attached hydrogen (secondary N) is 1. The van der Waals surface area contributed by atoms with Gasteiger partial charge < -0.3 is 5.32 Å². The molecule has 0 saturated carbocycles. The molecule has 3 aromatic rings. The van der Waals surface area contributed by atoms with Crippen LogP contribution in [-0.4, -0.2) is 15.7 Å². The zero-order valence-electron chi connectivity index (χ0n) is 13.5. The van der Waals surface area contributed by atoms with E-state index in [0.29, 0.717) is 11.9 Å². The first kappa shape index (κ1) is 15.9. The van der Waals surface area contributed by atoms with Crippen LogP contribution in [0.15, 0.2) is 59.5 Å². The molecule has 0 aliphatic heterocycles. The van der Waals surface area contributed by atoms with Gasteiger partial charge in [-0.3, -0.25) is 14.3 Å². The summed E-state index contributed by atoms with van der Waals surface area (Å²) >= 11 is 0. The molecule has 1 amide bonds. The van der Waals surface area contributed by atoms with Gasteiger partial charge >= 0.3 is 0 Å². The Labute approximate surface area is 139 Å². The normalized spacial score (nSPS) is 10.7. The van der Waals surface area contributed by atoms with Gasteiger partial charge in [0.05, 0.1) is 18.3 Å². The van der Waals surface area contributed by atoms with E-state index in [9.17, 15) is 9.59 Å². The van der Waals surface area contributed by atoms with Crippen LogP contribution in [0.4, 0.5) is 5.69 Å². The number of carbonyl (C=O) groups is 1. The molecule has 0 bridgehead atoms. The number of rotatable bonds is 5. The minimum Gasteiger partial charge on any atom is -0.326 e. The molecule has 5 nitrogen and oxygen atoms in total. The van der Waals surface area contributed by atoms with Crippen molar-refractivity contribution in [3.05, 3.63) is 70.5 Å². The van der Waals surface area contributed by atoms with Crippen LogP contribution in [0.5, 0.6) is 0 Å².